The van der Waals surface area contributed by atoms with Gasteiger partial charge in [-0.1, -0.05) is 37.3 Å². The first-order chi connectivity index (χ1) is 12.7. The monoisotopic (exact) mass is 352 g/mol. The van der Waals surface area contributed by atoms with E-state index in [1.54, 1.807) is 13.2 Å². The molecule has 0 saturated carbocycles. The van der Waals surface area contributed by atoms with E-state index >= 15 is 0 Å². The first-order valence-electron chi connectivity index (χ1n) is 8.89. The maximum Gasteiger partial charge on any atom is 0.287 e. The van der Waals surface area contributed by atoms with Gasteiger partial charge in [0, 0.05) is 30.1 Å². The normalized spacial score (nSPS) is 10.8. The lowest BCUT2D eigenvalue weighted by molar-refractivity contribution is 0.0929. The van der Waals surface area contributed by atoms with Gasteiger partial charge in [-0.3, -0.25) is 4.79 Å². The maximum absolute atomic E-state index is 12.7. The van der Waals surface area contributed by atoms with Crippen LogP contribution < -0.4 is 15.4 Å². The standard InChI is InChI=1S/C21H24N2O3/c1-3-11-22-12-13-23-21(24)20-19(15-7-5-4-6-8-15)17-10-9-16(25-2)14-18(17)26-20/h4-10,14,22H,3,11-13H2,1-2H3,(H,23,24). The van der Waals surface area contributed by atoms with Crippen LogP contribution in [-0.2, 0) is 0 Å². The number of ether oxygens (including phenoxy) is 1. The van der Waals surface area contributed by atoms with Gasteiger partial charge < -0.3 is 19.8 Å². The second kappa shape index (κ2) is 8.54. The molecule has 136 valence electrons. The van der Waals surface area contributed by atoms with Gasteiger partial charge in [-0.2, -0.15) is 0 Å². The Morgan fingerprint density at radius 3 is 2.62 bits per heavy atom. The summed E-state index contributed by atoms with van der Waals surface area (Å²) in [6.45, 7) is 4.33. The number of amides is 1. The highest BCUT2D eigenvalue weighted by Crippen LogP contribution is 2.36. The van der Waals surface area contributed by atoms with Gasteiger partial charge in [-0.15, -0.1) is 0 Å². The molecule has 0 saturated heterocycles. The smallest absolute Gasteiger partial charge is 0.287 e. The number of fused-ring (bicyclic) bond motifs is 1. The number of carbonyl (C=O) groups is 1. The molecule has 0 atom stereocenters. The van der Waals surface area contributed by atoms with Gasteiger partial charge in [0.05, 0.1) is 7.11 Å². The minimum absolute atomic E-state index is 0.211. The molecule has 1 aromatic heterocycles. The molecule has 5 nitrogen and oxygen atoms in total. The molecule has 0 unspecified atom stereocenters. The van der Waals surface area contributed by atoms with Crippen LogP contribution in [0, 0.1) is 0 Å². The van der Waals surface area contributed by atoms with Crippen LogP contribution >= 0.6 is 0 Å². The fraction of sp³-hybridized carbons (Fsp3) is 0.286. The molecule has 1 heterocycles. The molecular weight excluding hydrogens is 328 g/mol. The Kier molecular flexibility index (Phi) is 5.92. The van der Waals surface area contributed by atoms with E-state index in [-0.39, 0.29) is 5.91 Å². The molecule has 3 aromatic rings. The van der Waals surface area contributed by atoms with E-state index in [1.165, 1.54) is 0 Å². The second-order valence-corrected chi connectivity index (χ2v) is 6.04. The number of hydrogen-bond acceptors (Lipinski definition) is 4. The summed E-state index contributed by atoms with van der Waals surface area (Å²) in [4.78, 5) is 12.7. The third-order valence-corrected chi connectivity index (χ3v) is 4.18. The number of carbonyl (C=O) groups excluding carboxylic acids is 1. The number of rotatable bonds is 8. The van der Waals surface area contributed by atoms with Crippen molar-refractivity contribution in [2.75, 3.05) is 26.7 Å². The van der Waals surface area contributed by atoms with Gasteiger partial charge in [0.2, 0.25) is 5.76 Å². The van der Waals surface area contributed by atoms with Crippen molar-refractivity contribution in [3.05, 3.63) is 54.3 Å². The zero-order valence-electron chi connectivity index (χ0n) is 15.2. The molecule has 1 amide bonds. The largest absolute Gasteiger partial charge is 0.497 e. The lowest BCUT2D eigenvalue weighted by Gasteiger charge is -2.06. The van der Waals surface area contributed by atoms with Crippen molar-refractivity contribution in [2.45, 2.75) is 13.3 Å². The quantitative estimate of drug-likeness (QED) is 0.605. The summed E-state index contributed by atoms with van der Waals surface area (Å²) in [6, 6.07) is 15.4. The number of methoxy groups -OCH3 is 1. The summed E-state index contributed by atoms with van der Waals surface area (Å²) in [7, 11) is 1.61. The van der Waals surface area contributed by atoms with E-state index in [9.17, 15) is 4.79 Å². The van der Waals surface area contributed by atoms with Crippen LogP contribution in [0.4, 0.5) is 0 Å². The molecular formula is C21H24N2O3. The van der Waals surface area contributed by atoms with Crippen LogP contribution in [0.3, 0.4) is 0 Å². The Morgan fingerprint density at radius 1 is 1.08 bits per heavy atom. The third-order valence-electron chi connectivity index (χ3n) is 4.18. The van der Waals surface area contributed by atoms with Gasteiger partial charge in [0.15, 0.2) is 0 Å². The van der Waals surface area contributed by atoms with Crippen LogP contribution in [0.5, 0.6) is 5.75 Å². The van der Waals surface area contributed by atoms with Gasteiger partial charge in [-0.25, -0.2) is 0 Å². The number of hydrogen-bond donors (Lipinski definition) is 2. The Morgan fingerprint density at radius 2 is 1.88 bits per heavy atom. The van der Waals surface area contributed by atoms with Gasteiger partial charge in [-0.05, 0) is 30.7 Å². The number of furan rings is 1. The molecule has 0 radical (unpaired) electrons. The summed E-state index contributed by atoms with van der Waals surface area (Å²) in [5.41, 5.74) is 2.39. The zero-order chi connectivity index (χ0) is 18.4. The van der Waals surface area contributed by atoms with Crippen molar-refractivity contribution in [1.29, 1.82) is 0 Å². The van der Waals surface area contributed by atoms with E-state index in [0.717, 1.165) is 36.0 Å². The van der Waals surface area contributed by atoms with Crippen molar-refractivity contribution in [2.24, 2.45) is 0 Å². The molecule has 3 rings (SSSR count). The molecule has 2 N–H and O–H groups in total. The lowest BCUT2D eigenvalue weighted by atomic mass is 10.0. The Balaban J connectivity index is 1.94. The Bertz CT molecular complexity index is 872. The first kappa shape index (κ1) is 18.0. The van der Waals surface area contributed by atoms with Crippen molar-refractivity contribution in [3.63, 3.8) is 0 Å². The molecule has 0 aliphatic heterocycles. The molecule has 0 fully saturated rings. The number of nitrogens with one attached hydrogen (secondary N) is 2. The van der Waals surface area contributed by atoms with E-state index < -0.39 is 0 Å². The SMILES string of the molecule is CCCNCCNC(=O)c1oc2cc(OC)ccc2c1-c1ccccc1. The zero-order valence-corrected chi connectivity index (χ0v) is 15.2. The minimum atomic E-state index is -0.211. The Labute approximate surface area is 153 Å². The Hall–Kier alpha value is -2.79. The topological polar surface area (TPSA) is 63.5 Å². The molecule has 5 heteroatoms. The van der Waals surface area contributed by atoms with Crippen LogP contribution in [0.15, 0.2) is 52.9 Å². The summed E-state index contributed by atoms with van der Waals surface area (Å²) < 4.78 is 11.2. The fourth-order valence-corrected chi connectivity index (χ4v) is 2.90. The van der Waals surface area contributed by atoms with E-state index in [1.807, 2.05) is 42.5 Å². The highest BCUT2D eigenvalue weighted by atomic mass is 16.5. The van der Waals surface area contributed by atoms with Crippen molar-refractivity contribution < 1.29 is 13.9 Å². The van der Waals surface area contributed by atoms with Gasteiger partial charge in [0.25, 0.3) is 5.91 Å². The lowest BCUT2D eigenvalue weighted by Crippen LogP contribution is -2.32. The average Bonchev–Trinajstić information content (AvgIpc) is 3.07. The molecule has 0 spiro atoms. The van der Waals surface area contributed by atoms with Crippen molar-refractivity contribution in [3.8, 4) is 16.9 Å². The predicted octanol–water partition coefficient (Wildman–Crippen LogP) is 3.84. The molecule has 2 aromatic carbocycles. The average molecular weight is 352 g/mol. The minimum Gasteiger partial charge on any atom is -0.497 e. The van der Waals surface area contributed by atoms with Crippen LogP contribution in [0.1, 0.15) is 23.9 Å². The van der Waals surface area contributed by atoms with Crippen molar-refractivity contribution in [1.82, 2.24) is 10.6 Å². The fourth-order valence-electron chi connectivity index (χ4n) is 2.90. The highest BCUT2D eigenvalue weighted by Gasteiger charge is 2.22. The maximum atomic E-state index is 12.7. The summed E-state index contributed by atoms with van der Waals surface area (Å²) in [5.74, 6) is 0.814. The van der Waals surface area contributed by atoms with Crippen LogP contribution in [0.25, 0.3) is 22.1 Å². The van der Waals surface area contributed by atoms with E-state index in [2.05, 4.69) is 17.6 Å². The molecule has 0 aliphatic rings. The van der Waals surface area contributed by atoms with Crippen LogP contribution in [0.2, 0.25) is 0 Å². The van der Waals surface area contributed by atoms with Crippen LogP contribution in [-0.4, -0.2) is 32.7 Å². The summed E-state index contributed by atoms with van der Waals surface area (Å²) >= 11 is 0. The van der Waals surface area contributed by atoms with E-state index in [0.29, 0.717) is 23.6 Å². The van der Waals surface area contributed by atoms with Crippen molar-refractivity contribution >= 4 is 16.9 Å². The van der Waals surface area contributed by atoms with E-state index in [4.69, 9.17) is 9.15 Å². The second-order valence-electron chi connectivity index (χ2n) is 6.04. The van der Waals surface area contributed by atoms with Gasteiger partial charge in [0.1, 0.15) is 11.3 Å². The predicted molar refractivity (Wildman–Crippen MR) is 104 cm³/mol. The molecule has 26 heavy (non-hydrogen) atoms. The summed E-state index contributed by atoms with van der Waals surface area (Å²) in [5, 5.41) is 7.09. The molecule has 0 aliphatic carbocycles. The highest BCUT2D eigenvalue weighted by molar-refractivity contribution is 6.08. The van der Waals surface area contributed by atoms with Gasteiger partial charge >= 0.3 is 0 Å². The third kappa shape index (κ3) is 3.89. The molecule has 0 bridgehead atoms. The first-order valence-corrected chi connectivity index (χ1v) is 8.89. The summed E-state index contributed by atoms with van der Waals surface area (Å²) in [6.07, 6.45) is 1.07. The number of benzene rings is 2.